The van der Waals surface area contributed by atoms with Crippen LogP contribution in [-0.4, -0.2) is 50.9 Å². The molecule has 0 radical (unpaired) electrons. The standard InChI is InChI=1S/C26H28O7/c1-18(2)17-30-13-14-32-25(28)22-11-7-5-9-20(22)21-10-6-8-12-23(21)26(29)33-16-15-31-24(27)19(3)4/h5-12H,1,3,13-17H2,2,4H3. The number of esters is 3. The molecule has 0 fully saturated rings. The smallest absolute Gasteiger partial charge is 0.338 e. The third-order valence-electron chi connectivity index (χ3n) is 4.29. The largest absolute Gasteiger partial charge is 0.460 e. The van der Waals surface area contributed by atoms with E-state index in [1.807, 2.05) is 6.92 Å². The van der Waals surface area contributed by atoms with Crippen molar-refractivity contribution in [3.8, 4) is 11.1 Å². The van der Waals surface area contributed by atoms with E-state index in [1.54, 1.807) is 48.5 Å². The van der Waals surface area contributed by atoms with E-state index in [0.717, 1.165) is 5.57 Å². The van der Waals surface area contributed by atoms with E-state index >= 15 is 0 Å². The Kier molecular flexibility index (Phi) is 10.0. The maximum Gasteiger partial charge on any atom is 0.338 e. The zero-order valence-corrected chi connectivity index (χ0v) is 18.9. The first-order valence-corrected chi connectivity index (χ1v) is 10.4. The quantitative estimate of drug-likeness (QED) is 0.155. The summed E-state index contributed by atoms with van der Waals surface area (Å²) >= 11 is 0. The lowest BCUT2D eigenvalue weighted by Gasteiger charge is -2.13. The van der Waals surface area contributed by atoms with Crippen LogP contribution in [0.4, 0.5) is 0 Å². The molecule has 0 spiro atoms. The summed E-state index contributed by atoms with van der Waals surface area (Å²) in [5.41, 5.74) is 2.78. The van der Waals surface area contributed by atoms with Crippen LogP contribution in [0.1, 0.15) is 34.6 Å². The second-order valence-corrected chi connectivity index (χ2v) is 7.29. The van der Waals surface area contributed by atoms with Crippen molar-refractivity contribution in [2.75, 3.05) is 33.0 Å². The molecule has 0 bridgehead atoms. The molecule has 0 amide bonds. The minimum absolute atomic E-state index is 0.0873. The lowest BCUT2D eigenvalue weighted by Crippen LogP contribution is -2.15. The minimum atomic E-state index is -0.603. The Hall–Kier alpha value is -3.71. The Labute approximate surface area is 193 Å². The van der Waals surface area contributed by atoms with E-state index in [2.05, 4.69) is 13.2 Å². The molecule has 0 aliphatic rings. The fourth-order valence-corrected chi connectivity index (χ4v) is 2.78. The molecule has 0 aromatic heterocycles. The molecule has 0 aliphatic heterocycles. The zero-order valence-electron chi connectivity index (χ0n) is 18.9. The topological polar surface area (TPSA) is 88.1 Å². The summed E-state index contributed by atoms with van der Waals surface area (Å²) in [7, 11) is 0. The van der Waals surface area contributed by atoms with Crippen LogP contribution in [-0.2, 0) is 23.7 Å². The van der Waals surface area contributed by atoms with Crippen LogP contribution in [0.2, 0.25) is 0 Å². The highest BCUT2D eigenvalue weighted by molar-refractivity contribution is 6.03. The van der Waals surface area contributed by atoms with E-state index < -0.39 is 17.9 Å². The van der Waals surface area contributed by atoms with Gasteiger partial charge in [-0.1, -0.05) is 55.1 Å². The summed E-state index contributed by atoms with van der Waals surface area (Å²) in [6.07, 6.45) is 0. The zero-order chi connectivity index (χ0) is 24.2. The first-order valence-electron chi connectivity index (χ1n) is 10.4. The van der Waals surface area contributed by atoms with Gasteiger partial charge in [0.2, 0.25) is 0 Å². The Morgan fingerprint density at radius 2 is 1.15 bits per heavy atom. The molecule has 0 atom stereocenters. The number of hydrogen-bond donors (Lipinski definition) is 0. The van der Waals surface area contributed by atoms with Crippen LogP contribution in [0.15, 0.2) is 72.8 Å². The average molecular weight is 453 g/mol. The maximum absolute atomic E-state index is 12.7. The Morgan fingerprint density at radius 3 is 1.64 bits per heavy atom. The third kappa shape index (κ3) is 8.05. The van der Waals surface area contributed by atoms with Gasteiger partial charge in [-0.3, -0.25) is 0 Å². The van der Waals surface area contributed by atoms with Crippen LogP contribution in [0, 0.1) is 0 Å². The van der Waals surface area contributed by atoms with E-state index in [0.29, 0.717) is 23.3 Å². The van der Waals surface area contributed by atoms with Crippen molar-refractivity contribution in [1.29, 1.82) is 0 Å². The van der Waals surface area contributed by atoms with Gasteiger partial charge in [-0.05, 0) is 37.1 Å². The van der Waals surface area contributed by atoms with Gasteiger partial charge < -0.3 is 18.9 Å². The van der Waals surface area contributed by atoms with E-state index in [4.69, 9.17) is 18.9 Å². The summed E-state index contributed by atoms with van der Waals surface area (Å²) in [5.74, 6) is -1.68. The van der Waals surface area contributed by atoms with Gasteiger partial charge in [0, 0.05) is 5.57 Å². The van der Waals surface area contributed by atoms with Crippen molar-refractivity contribution < 1.29 is 33.3 Å². The predicted molar refractivity (Wildman–Crippen MR) is 124 cm³/mol. The average Bonchev–Trinajstić information content (AvgIpc) is 2.80. The van der Waals surface area contributed by atoms with Crippen LogP contribution < -0.4 is 0 Å². The van der Waals surface area contributed by atoms with Gasteiger partial charge in [0.15, 0.2) is 0 Å². The normalized spacial score (nSPS) is 10.2. The fourth-order valence-electron chi connectivity index (χ4n) is 2.78. The highest BCUT2D eigenvalue weighted by atomic mass is 16.6. The van der Waals surface area contributed by atoms with E-state index in [1.165, 1.54) is 6.92 Å². The van der Waals surface area contributed by atoms with E-state index in [-0.39, 0.29) is 37.6 Å². The van der Waals surface area contributed by atoms with Crippen LogP contribution in [0.25, 0.3) is 11.1 Å². The first-order chi connectivity index (χ1) is 15.8. The molecular weight excluding hydrogens is 424 g/mol. The number of benzene rings is 2. The number of carbonyl (C=O) groups is 3. The number of carbonyl (C=O) groups excluding carboxylic acids is 3. The summed E-state index contributed by atoms with van der Waals surface area (Å²) < 4.78 is 20.9. The number of rotatable bonds is 12. The molecule has 0 saturated heterocycles. The highest BCUT2D eigenvalue weighted by Gasteiger charge is 2.19. The molecule has 0 N–H and O–H groups in total. The minimum Gasteiger partial charge on any atom is -0.460 e. The molecule has 2 aromatic carbocycles. The number of ether oxygens (including phenoxy) is 4. The summed E-state index contributed by atoms with van der Waals surface area (Å²) in [4.78, 5) is 36.8. The molecule has 2 aromatic rings. The Morgan fingerprint density at radius 1 is 0.697 bits per heavy atom. The molecule has 2 rings (SSSR count). The molecule has 7 nitrogen and oxygen atoms in total. The van der Waals surface area contributed by atoms with Gasteiger partial charge in [-0.15, -0.1) is 0 Å². The van der Waals surface area contributed by atoms with Crippen molar-refractivity contribution in [1.82, 2.24) is 0 Å². The monoisotopic (exact) mass is 452 g/mol. The number of hydrogen-bond acceptors (Lipinski definition) is 7. The van der Waals surface area contributed by atoms with Crippen molar-refractivity contribution in [2.45, 2.75) is 13.8 Å². The molecule has 0 aliphatic carbocycles. The summed E-state index contributed by atoms with van der Waals surface area (Å²) in [6, 6.07) is 13.6. The van der Waals surface area contributed by atoms with Gasteiger partial charge in [0.1, 0.15) is 19.8 Å². The predicted octanol–water partition coefficient (Wildman–Crippen LogP) is 4.38. The Balaban J connectivity index is 2.10. The summed E-state index contributed by atoms with van der Waals surface area (Å²) in [5, 5.41) is 0. The Bertz CT molecular complexity index is 1020. The lowest BCUT2D eigenvalue weighted by molar-refractivity contribution is -0.140. The first kappa shape index (κ1) is 25.5. The third-order valence-corrected chi connectivity index (χ3v) is 4.29. The van der Waals surface area contributed by atoms with Crippen LogP contribution in [0.3, 0.4) is 0 Å². The second-order valence-electron chi connectivity index (χ2n) is 7.29. The van der Waals surface area contributed by atoms with E-state index in [9.17, 15) is 14.4 Å². The van der Waals surface area contributed by atoms with Gasteiger partial charge in [-0.2, -0.15) is 0 Å². The van der Waals surface area contributed by atoms with Gasteiger partial charge in [0.25, 0.3) is 0 Å². The fraction of sp³-hybridized carbons (Fsp3) is 0.269. The van der Waals surface area contributed by atoms with Crippen molar-refractivity contribution in [2.24, 2.45) is 0 Å². The van der Waals surface area contributed by atoms with Crippen LogP contribution >= 0.6 is 0 Å². The van der Waals surface area contributed by atoms with Crippen LogP contribution in [0.5, 0.6) is 0 Å². The van der Waals surface area contributed by atoms with Gasteiger partial charge >= 0.3 is 17.9 Å². The highest BCUT2D eigenvalue weighted by Crippen LogP contribution is 2.28. The van der Waals surface area contributed by atoms with Gasteiger partial charge in [-0.25, -0.2) is 14.4 Å². The van der Waals surface area contributed by atoms with Crippen molar-refractivity contribution in [3.63, 3.8) is 0 Å². The molecule has 0 unspecified atom stereocenters. The second kappa shape index (κ2) is 13.0. The lowest BCUT2D eigenvalue weighted by atomic mass is 9.95. The molecule has 0 heterocycles. The molecule has 0 saturated carbocycles. The molecule has 7 heteroatoms. The summed E-state index contributed by atoms with van der Waals surface area (Å²) in [6.45, 7) is 11.2. The molecule has 33 heavy (non-hydrogen) atoms. The molecule has 174 valence electrons. The maximum atomic E-state index is 12.7. The van der Waals surface area contributed by atoms with Crippen molar-refractivity contribution in [3.05, 3.63) is 84.0 Å². The van der Waals surface area contributed by atoms with Gasteiger partial charge in [0.05, 0.1) is 24.3 Å². The molecular formula is C26H28O7. The van der Waals surface area contributed by atoms with Crippen molar-refractivity contribution >= 4 is 17.9 Å². The SMILES string of the molecule is C=C(C)COCCOC(=O)c1ccccc1-c1ccccc1C(=O)OCCOC(=O)C(=C)C.